The summed E-state index contributed by atoms with van der Waals surface area (Å²) in [6.07, 6.45) is 1.33. The van der Waals surface area contributed by atoms with Crippen molar-refractivity contribution in [3.63, 3.8) is 0 Å². The van der Waals surface area contributed by atoms with Gasteiger partial charge in [0.2, 0.25) is 10.0 Å². The van der Waals surface area contributed by atoms with Gasteiger partial charge in [-0.15, -0.1) is 5.06 Å². The SMILES string of the molecule is O=C(ON1C(=O)CCC1=O)c1ccc(-c2ccc(S(=O)(=O)N3CCCC(CO)C3)cc2)[nH]c1=O. The number of nitrogens with zero attached hydrogens (tertiary/aromatic N) is 2. The second-order valence-corrected chi connectivity index (χ2v) is 10.1. The van der Waals surface area contributed by atoms with Crippen molar-refractivity contribution in [3.05, 3.63) is 52.3 Å². The molecular weight excluding hydrogens is 466 g/mol. The molecule has 1 atom stereocenters. The molecule has 2 aromatic rings. The number of carbonyl (C=O) groups is 3. The molecule has 34 heavy (non-hydrogen) atoms. The Kier molecular flexibility index (Phi) is 6.64. The van der Waals surface area contributed by atoms with Crippen LogP contribution in [0, 0.1) is 5.92 Å². The highest BCUT2D eigenvalue weighted by Gasteiger charge is 2.34. The Bertz CT molecular complexity index is 1270. The Morgan fingerprint density at radius 3 is 2.35 bits per heavy atom. The van der Waals surface area contributed by atoms with Crippen molar-refractivity contribution >= 4 is 27.8 Å². The molecule has 2 amide bonds. The fourth-order valence-corrected chi connectivity index (χ4v) is 5.50. The number of nitrogens with one attached hydrogen (secondary N) is 1. The van der Waals surface area contributed by atoms with Gasteiger partial charge in [0.15, 0.2) is 0 Å². The topological polar surface area (TPSA) is 154 Å². The van der Waals surface area contributed by atoms with Crippen LogP contribution in [-0.2, 0) is 24.4 Å². The van der Waals surface area contributed by atoms with Crippen LogP contribution in [-0.4, -0.2) is 65.4 Å². The van der Waals surface area contributed by atoms with Gasteiger partial charge in [-0.1, -0.05) is 12.1 Å². The number of H-pyrrole nitrogens is 1. The number of amides is 2. The van der Waals surface area contributed by atoms with Gasteiger partial charge in [0, 0.05) is 38.2 Å². The van der Waals surface area contributed by atoms with Gasteiger partial charge in [0.05, 0.1) is 4.90 Å². The molecule has 0 bridgehead atoms. The lowest BCUT2D eigenvalue weighted by Gasteiger charge is -2.30. The largest absolute Gasteiger partial charge is 0.396 e. The maximum absolute atomic E-state index is 12.9. The Labute approximate surface area is 194 Å². The highest BCUT2D eigenvalue weighted by molar-refractivity contribution is 7.89. The molecule has 1 aromatic heterocycles. The number of aromatic amines is 1. The monoisotopic (exact) mass is 489 g/mol. The summed E-state index contributed by atoms with van der Waals surface area (Å²) < 4.78 is 27.2. The van der Waals surface area contributed by atoms with Crippen LogP contribution >= 0.6 is 0 Å². The van der Waals surface area contributed by atoms with E-state index in [1.54, 1.807) is 0 Å². The zero-order chi connectivity index (χ0) is 24.5. The number of aliphatic hydroxyl groups is 1. The maximum atomic E-state index is 12.9. The number of carbonyl (C=O) groups excluding carboxylic acids is 3. The van der Waals surface area contributed by atoms with Gasteiger partial charge in [0.25, 0.3) is 17.4 Å². The third kappa shape index (κ3) is 4.65. The fourth-order valence-electron chi connectivity index (χ4n) is 3.94. The number of sulfonamides is 1. The minimum absolute atomic E-state index is 0.0626. The van der Waals surface area contributed by atoms with Gasteiger partial charge >= 0.3 is 5.97 Å². The molecule has 0 saturated carbocycles. The smallest absolute Gasteiger partial charge is 0.369 e. The van der Waals surface area contributed by atoms with E-state index in [9.17, 15) is 32.7 Å². The summed E-state index contributed by atoms with van der Waals surface area (Å²) in [5, 5.41) is 9.73. The Balaban J connectivity index is 1.50. The molecule has 2 aliphatic rings. The minimum Gasteiger partial charge on any atom is -0.396 e. The molecule has 2 saturated heterocycles. The number of pyridine rings is 1. The number of piperidine rings is 1. The van der Waals surface area contributed by atoms with E-state index in [-0.39, 0.29) is 42.4 Å². The number of aromatic nitrogens is 1. The van der Waals surface area contributed by atoms with Gasteiger partial charge in [-0.2, -0.15) is 4.31 Å². The molecule has 1 unspecified atom stereocenters. The van der Waals surface area contributed by atoms with Crippen molar-refractivity contribution in [2.24, 2.45) is 5.92 Å². The van der Waals surface area contributed by atoms with E-state index >= 15 is 0 Å². The predicted octanol–water partition coefficient (Wildman–Crippen LogP) is 0.656. The summed E-state index contributed by atoms with van der Waals surface area (Å²) in [6.45, 7) is 0.590. The number of imide groups is 1. The fraction of sp³-hybridized carbons (Fsp3) is 0.364. The average Bonchev–Trinajstić information content (AvgIpc) is 3.16. The van der Waals surface area contributed by atoms with Gasteiger partial charge in [-0.3, -0.25) is 14.4 Å². The van der Waals surface area contributed by atoms with Gasteiger partial charge in [-0.05, 0) is 48.6 Å². The summed E-state index contributed by atoms with van der Waals surface area (Å²) in [7, 11) is -3.72. The third-order valence-corrected chi connectivity index (χ3v) is 7.73. The minimum atomic E-state index is -3.72. The summed E-state index contributed by atoms with van der Waals surface area (Å²) in [4.78, 5) is 55.2. The number of hydroxylamine groups is 2. The first-order chi connectivity index (χ1) is 16.2. The lowest BCUT2D eigenvalue weighted by molar-refractivity contribution is -0.172. The second kappa shape index (κ2) is 9.49. The molecule has 2 aliphatic heterocycles. The Morgan fingerprint density at radius 1 is 1.06 bits per heavy atom. The summed E-state index contributed by atoms with van der Waals surface area (Å²) in [6, 6.07) is 8.56. The van der Waals surface area contributed by atoms with Crippen LogP contribution in [0.5, 0.6) is 0 Å². The van der Waals surface area contributed by atoms with E-state index in [4.69, 9.17) is 4.84 Å². The number of rotatable bonds is 6. The first kappa shape index (κ1) is 23.8. The van der Waals surface area contributed by atoms with Crippen LogP contribution < -0.4 is 5.56 Å². The highest BCUT2D eigenvalue weighted by Crippen LogP contribution is 2.25. The zero-order valence-electron chi connectivity index (χ0n) is 18.1. The van der Waals surface area contributed by atoms with Crippen LogP contribution in [0.1, 0.15) is 36.0 Å². The molecule has 12 heteroatoms. The number of hydrogen-bond donors (Lipinski definition) is 2. The summed E-state index contributed by atoms with van der Waals surface area (Å²) >= 11 is 0. The number of aliphatic hydroxyl groups excluding tert-OH is 1. The predicted molar refractivity (Wildman–Crippen MR) is 118 cm³/mol. The third-order valence-electron chi connectivity index (χ3n) is 5.85. The molecule has 3 heterocycles. The van der Waals surface area contributed by atoms with E-state index in [0.717, 1.165) is 6.42 Å². The van der Waals surface area contributed by atoms with Crippen molar-refractivity contribution in [1.29, 1.82) is 0 Å². The summed E-state index contributed by atoms with van der Waals surface area (Å²) in [5.74, 6) is -2.53. The zero-order valence-corrected chi connectivity index (χ0v) is 18.9. The maximum Gasteiger partial charge on any atom is 0.369 e. The molecule has 1 aromatic carbocycles. The summed E-state index contributed by atoms with van der Waals surface area (Å²) in [5.41, 5.74) is -0.342. The van der Waals surface area contributed by atoms with Gasteiger partial charge in [0.1, 0.15) is 5.56 Å². The van der Waals surface area contributed by atoms with Gasteiger partial charge < -0.3 is 14.9 Å². The Morgan fingerprint density at radius 2 is 1.74 bits per heavy atom. The van der Waals surface area contributed by atoms with Crippen molar-refractivity contribution in [2.45, 2.75) is 30.6 Å². The van der Waals surface area contributed by atoms with Crippen molar-refractivity contribution in [2.75, 3.05) is 19.7 Å². The van der Waals surface area contributed by atoms with E-state index in [0.29, 0.717) is 29.3 Å². The molecular formula is C22H23N3O8S. The molecule has 4 rings (SSSR count). The molecule has 180 valence electrons. The van der Waals surface area contributed by atoms with Crippen LogP contribution in [0.25, 0.3) is 11.3 Å². The quantitative estimate of drug-likeness (QED) is 0.561. The molecule has 0 radical (unpaired) electrons. The number of benzene rings is 1. The normalized spacial score (nSPS) is 19.4. The lowest BCUT2D eigenvalue weighted by atomic mass is 10.0. The van der Waals surface area contributed by atoms with Gasteiger partial charge in [-0.25, -0.2) is 13.2 Å². The molecule has 2 fully saturated rings. The van der Waals surface area contributed by atoms with E-state index in [1.165, 1.54) is 40.7 Å². The van der Waals surface area contributed by atoms with E-state index < -0.39 is 33.4 Å². The first-order valence-electron chi connectivity index (χ1n) is 10.7. The second-order valence-electron chi connectivity index (χ2n) is 8.15. The molecule has 0 spiro atoms. The van der Waals surface area contributed by atoms with Crippen LogP contribution in [0.15, 0.2) is 46.1 Å². The average molecular weight is 490 g/mol. The van der Waals surface area contributed by atoms with Crippen molar-refractivity contribution in [3.8, 4) is 11.3 Å². The van der Waals surface area contributed by atoms with Crippen molar-refractivity contribution < 1.29 is 32.7 Å². The highest BCUT2D eigenvalue weighted by atomic mass is 32.2. The molecule has 0 aliphatic carbocycles. The van der Waals surface area contributed by atoms with Crippen LogP contribution in [0.3, 0.4) is 0 Å². The van der Waals surface area contributed by atoms with E-state index in [2.05, 4.69) is 4.98 Å². The molecule has 11 nitrogen and oxygen atoms in total. The standard InChI is InChI=1S/C22H23N3O8S/c26-13-14-2-1-11-24(12-14)34(31,32)16-5-3-15(4-6-16)18-8-7-17(21(29)23-18)22(30)33-25-19(27)9-10-20(25)28/h3-8,14,26H,1-2,9-13H2,(H,23,29). The Hall–Kier alpha value is -3.35. The lowest BCUT2D eigenvalue weighted by Crippen LogP contribution is -2.40. The molecule has 2 N–H and O–H groups in total. The number of hydrogen-bond acceptors (Lipinski definition) is 8. The first-order valence-corrected chi connectivity index (χ1v) is 12.2. The van der Waals surface area contributed by atoms with E-state index in [1.807, 2.05) is 0 Å². The van der Waals surface area contributed by atoms with Crippen LogP contribution in [0.2, 0.25) is 0 Å². The van der Waals surface area contributed by atoms with Crippen molar-refractivity contribution in [1.82, 2.24) is 14.4 Å². The van der Waals surface area contributed by atoms with Crippen LogP contribution in [0.4, 0.5) is 0 Å².